The van der Waals surface area contributed by atoms with Crippen LogP contribution in [0.2, 0.25) is 0 Å². The molecule has 1 aromatic heterocycles. The molecule has 8 heteroatoms. The van der Waals surface area contributed by atoms with Crippen molar-refractivity contribution in [1.29, 1.82) is 0 Å². The maximum Gasteiger partial charge on any atom is 0.407 e. The molecule has 0 fully saturated rings. The Morgan fingerprint density at radius 3 is 2.31 bits per heavy atom. The minimum absolute atomic E-state index is 0.101. The average molecular weight is 401 g/mol. The summed E-state index contributed by atoms with van der Waals surface area (Å²) in [4.78, 5) is 23.3. The van der Waals surface area contributed by atoms with Crippen LogP contribution in [0.1, 0.15) is 34.5 Å². The molecule has 0 atom stereocenters. The largest absolute Gasteiger partial charge is 0.497 e. The number of methoxy groups -OCH3 is 1. The first-order valence-corrected chi connectivity index (χ1v) is 9.58. The van der Waals surface area contributed by atoms with Gasteiger partial charge in [0.2, 0.25) is 0 Å². The van der Waals surface area contributed by atoms with Crippen LogP contribution in [0.3, 0.4) is 0 Å². The molecule has 2 heterocycles. The number of alkyl carbamates (subject to hydrolysis) is 2. The molecule has 1 aromatic carbocycles. The lowest BCUT2D eigenvalue weighted by Crippen LogP contribution is -2.20. The summed E-state index contributed by atoms with van der Waals surface area (Å²) in [5, 5.41) is 4.92. The minimum Gasteiger partial charge on any atom is -0.497 e. The van der Waals surface area contributed by atoms with Crippen molar-refractivity contribution >= 4 is 12.2 Å². The number of ether oxygens (including phenoxy) is 3. The Morgan fingerprint density at radius 1 is 1.03 bits per heavy atom. The number of carbonyl (C=O) groups excluding carboxylic acids is 2. The van der Waals surface area contributed by atoms with Gasteiger partial charge >= 0.3 is 12.2 Å². The van der Waals surface area contributed by atoms with Crippen molar-refractivity contribution in [2.45, 2.75) is 39.4 Å². The molecular weight excluding hydrogens is 374 g/mol. The van der Waals surface area contributed by atoms with E-state index in [1.165, 1.54) is 19.7 Å². The molecule has 0 radical (unpaired) electrons. The number of hydrogen-bond donors (Lipinski definition) is 2. The van der Waals surface area contributed by atoms with Crippen LogP contribution in [0.15, 0.2) is 18.2 Å². The van der Waals surface area contributed by atoms with Crippen LogP contribution in [0.5, 0.6) is 5.75 Å². The van der Waals surface area contributed by atoms with E-state index in [9.17, 15) is 9.59 Å². The SMILES string of the molecule is CNC(=O)OCc1c(COC(=O)NC)c2n(c1C)-c1ccc(OC)cc1CCC2. The van der Waals surface area contributed by atoms with Gasteiger partial charge < -0.3 is 29.4 Å². The highest BCUT2D eigenvalue weighted by Crippen LogP contribution is 2.35. The Balaban J connectivity index is 2.09. The zero-order chi connectivity index (χ0) is 21.0. The van der Waals surface area contributed by atoms with Crippen molar-refractivity contribution in [1.82, 2.24) is 15.2 Å². The van der Waals surface area contributed by atoms with Crippen LogP contribution in [0, 0.1) is 6.92 Å². The first-order valence-electron chi connectivity index (χ1n) is 9.58. The quantitative estimate of drug-likeness (QED) is 0.804. The number of amides is 2. The van der Waals surface area contributed by atoms with Crippen LogP contribution in [-0.4, -0.2) is 38.0 Å². The summed E-state index contributed by atoms with van der Waals surface area (Å²) in [5.74, 6) is 0.823. The predicted octanol–water partition coefficient (Wildman–Crippen LogP) is 3.00. The number of hydrogen-bond acceptors (Lipinski definition) is 5. The summed E-state index contributed by atoms with van der Waals surface area (Å²) in [6.07, 6.45) is 1.69. The van der Waals surface area contributed by atoms with E-state index < -0.39 is 12.2 Å². The Kier molecular flexibility index (Phi) is 6.31. The molecule has 3 rings (SSSR count). The number of aryl methyl sites for hydroxylation is 1. The summed E-state index contributed by atoms with van der Waals surface area (Å²) < 4.78 is 18.3. The highest BCUT2D eigenvalue weighted by molar-refractivity contribution is 5.67. The van der Waals surface area contributed by atoms with E-state index in [2.05, 4.69) is 21.3 Å². The van der Waals surface area contributed by atoms with Crippen molar-refractivity contribution in [3.63, 3.8) is 0 Å². The van der Waals surface area contributed by atoms with Gasteiger partial charge in [-0.2, -0.15) is 0 Å². The second-order valence-corrected chi connectivity index (χ2v) is 6.83. The van der Waals surface area contributed by atoms with Gasteiger partial charge in [0.25, 0.3) is 0 Å². The number of nitrogens with one attached hydrogen (secondary N) is 2. The van der Waals surface area contributed by atoms with E-state index in [0.29, 0.717) is 0 Å². The summed E-state index contributed by atoms with van der Waals surface area (Å²) >= 11 is 0. The van der Waals surface area contributed by atoms with Crippen LogP contribution < -0.4 is 15.4 Å². The van der Waals surface area contributed by atoms with E-state index in [1.807, 2.05) is 19.1 Å². The molecule has 2 aromatic rings. The minimum atomic E-state index is -0.505. The molecule has 0 saturated heterocycles. The maximum atomic E-state index is 11.7. The highest BCUT2D eigenvalue weighted by atomic mass is 16.6. The van der Waals surface area contributed by atoms with Crippen molar-refractivity contribution in [3.05, 3.63) is 46.3 Å². The lowest BCUT2D eigenvalue weighted by atomic mass is 10.0. The smallest absolute Gasteiger partial charge is 0.407 e. The first kappa shape index (κ1) is 20.6. The fourth-order valence-corrected chi connectivity index (χ4v) is 3.79. The molecule has 0 spiro atoms. The van der Waals surface area contributed by atoms with E-state index in [-0.39, 0.29) is 13.2 Å². The van der Waals surface area contributed by atoms with E-state index in [1.54, 1.807) is 7.11 Å². The Labute approximate surface area is 170 Å². The number of rotatable bonds is 5. The molecule has 1 aliphatic heterocycles. The third-order valence-corrected chi connectivity index (χ3v) is 5.25. The van der Waals surface area contributed by atoms with E-state index in [4.69, 9.17) is 14.2 Å². The molecule has 2 N–H and O–H groups in total. The molecule has 156 valence electrons. The molecule has 2 amide bonds. The number of nitrogens with zero attached hydrogens (tertiary/aromatic N) is 1. The third kappa shape index (κ3) is 4.16. The fraction of sp³-hybridized carbons (Fsp3) is 0.429. The van der Waals surface area contributed by atoms with Crippen molar-refractivity contribution < 1.29 is 23.8 Å². The Bertz CT molecular complexity index is 920. The topological polar surface area (TPSA) is 90.8 Å². The molecule has 0 aliphatic carbocycles. The van der Waals surface area contributed by atoms with Crippen molar-refractivity contribution in [2.75, 3.05) is 21.2 Å². The van der Waals surface area contributed by atoms with Crippen LogP contribution in [0.25, 0.3) is 5.69 Å². The normalized spacial score (nSPS) is 12.3. The van der Waals surface area contributed by atoms with Gasteiger partial charge in [-0.05, 0) is 49.9 Å². The molecular formula is C21H27N3O5. The zero-order valence-electron chi connectivity index (χ0n) is 17.3. The summed E-state index contributed by atoms with van der Waals surface area (Å²) in [6, 6.07) is 6.04. The van der Waals surface area contributed by atoms with Gasteiger partial charge in [-0.25, -0.2) is 9.59 Å². The van der Waals surface area contributed by atoms with E-state index >= 15 is 0 Å². The van der Waals surface area contributed by atoms with Crippen LogP contribution >= 0.6 is 0 Å². The molecule has 1 aliphatic rings. The first-order chi connectivity index (χ1) is 14.0. The molecule has 0 saturated carbocycles. The van der Waals surface area contributed by atoms with Gasteiger partial charge in [0.1, 0.15) is 19.0 Å². The highest BCUT2D eigenvalue weighted by Gasteiger charge is 2.26. The molecule has 0 bridgehead atoms. The molecule has 0 unspecified atom stereocenters. The zero-order valence-corrected chi connectivity index (χ0v) is 17.3. The second-order valence-electron chi connectivity index (χ2n) is 6.83. The second kappa shape index (κ2) is 8.89. The van der Waals surface area contributed by atoms with Gasteiger partial charge in [0.15, 0.2) is 0 Å². The number of aromatic nitrogens is 1. The Hall–Kier alpha value is -3.16. The van der Waals surface area contributed by atoms with Crippen molar-refractivity contribution in [2.24, 2.45) is 0 Å². The standard InChI is InChI=1S/C21H27N3O5/c1-13-16(11-28-20(25)22-2)17(12-29-21(26)23-3)19-7-5-6-14-10-15(27-4)8-9-18(14)24(13)19/h8-10H,5-7,11-12H2,1-4H3,(H,22,25)(H,23,26). The van der Waals surface area contributed by atoms with Gasteiger partial charge in [0.05, 0.1) is 7.11 Å². The Morgan fingerprint density at radius 2 is 1.69 bits per heavy atom. The van der Waals surface area contributed by atoms with Gasteiger partial charge in [0, 0.05) is 42.3 Å². The van der Waals surface area contributed by atoms with Crippen LogP contribution in [-0.2, 0) is 35.5 Å². The fourth-order valence-electron chi connectivity index (χ4n) is 3.79. The van der Waals surface area contributed by atoms with Gasteiger partial charge in [-0.1, -0.05) is 0 Å². The number of carbonyl (C=O) groups is 2. The maximum absolute atomic E-state index is 11.7. The molecule has 29 heavy (non-hydrogen) atoms. The lowest BCUT2D eigenvalue weighted by Gasteiger charge is -2.14. The average Bonchev–Trinajstić information content (AvgIpc) is 2.88. The summed E-state index contributed by atoms with van der Waals surface area (Å²) in [6.45, 7) is 2.21. The monoisotopic (exact) mass is 401 g/mol. The van der Waals surface area contributed by atoms with Gasteiger partial charge in [-0.3, -0.25) is 0 Å². The van der Waals surface area contributed by atoms with Gasteiger partial charge in [-0.15, -0.1) is 0 Å². The lowest BCUT2D eigenvalue weighted by molar-refractivity contribution is 0.134. The van der Waals surface area contributed by atoms with E-state index in [0.717, 1.165) is 53.2 Å². The summed E-state index contributed by atoms with van der Waals surface area (Å²) in [5.41, 5.74) is 6.05. The van der Waals surface area contributed by atoms with Crippen molar-refractivity contribution in [3.8, 4) is 11.4 Å². The number of benzene rings is 1. The summed E-state index contributed by atoms with van der Waals surface area (Å²) in [7, 11) is 4.70. The number of fused-ring (bicyclic) bond motifs is 3. The predicted molar refractivity (Wildman–Crippen MR) is 108 cm³/mol. The van der Waals surface area contributed by atoms with Crippen LogP contribution in [0.4, 0.5) is 9.59 Å². The third-order valence-electron chi connectivity index (χ3n) is 5.25. The molecule has 8 nitrogen and oxygen atoms in total.